The molecule has 1 heteroatoms. The highest BCUT2D eigenvalue weighted by atomic mass is 35.5. The summed E-state index contributed by atoms with van der Waals surface area (Å²) in [6.07, 6.45) is 0. The van der Waals surface area contributed by atoms with Crippen LogP contribution < -0.4 is 0 Å². The minimum atomic E-state index is 0.789. The van der Waals surface area contributed by atoms with Crippen molar-refractivity contribution in [3.63, 3.8) is 0 Å². The summed E-state index contributed by atoms with van der Waals surface area (Å²) >= 11 is 6.39. The standard InChI is InChI=1S/C31H17Cl/c1-16-8-10-18-24(12-16)20-4-2-6-22-27-15-29-19-11-9-17(32)13-25(19)21-5-3-7-23(31(21)29)26(27)14-28(18)30(20)22/h2-15H,1H3. The van der Waals surface area contributed by atoms with Crippen LogP contribution in [0.15, 0.2) is 84.9 Å². The molecule has 0 aliphatic rings. The fraction of sp³-hybridized carbons (Fsp3) is 0.0323. The Morgan fingerprint density at radius 3 is 1.44 bits per heavy atom. The van der Waals surface area contributed by atoms with E-state index >= 15 is 0 Å². The lowest BCUT2D eigenvalue weighted by Gasteiger charge is -2.10. The van der Waals surface area contributed by atoms with Crippen LogP contribution in [0.25, 0.3) is 75.4 Å². The van der Waals surface area contributed by atoms with Crippen molar-refractivity contribution in [2.75, 3.05) is 0 Å². The number of halogens is 1. The third-order valence-electron chi connectivity index (χ3n) is 7.43. The number of hydrogen-bond acceptors (Lipinski definition) is 0. The zero-order valence-corrected chi connectivity index (χ0v) is 18.2. The first-order valence-corrected chi connectivity index (χ1v) is 11.4. The monoisotopic (exact) mass is 424 g/mol. The molecule has 0 aromatic heterocycles. The van der Waals surface area contributed by atoms with Crippen molar-refractivity contribution >= 4 is 87.0 Å². The molecule has 148 valence electrons. The second-order valence-electron chi connectivity index (χ2n) is 9.14. The molecule has 0 saturated heterocycles. The zero-order valence-electron chi connectivity index (χ0n) is 17.5. The van der Waals surface area contributed by atoms with Gasteiger partial charge in [-0.3, -0.25) is 0 Å². The normalized spacial score (nSPS) is 12.7. The Hall–Kier alpha value is -3.61. The molecule has 0 nitrogen and oxygen atoms in total. The van der Waals surface area contributed by atoms with E-state index in [1.807, 2.05) is 6.07 Å². The molecule has 0 spiro atoms. The first-order chi connectivity index (χ1) is 15.7. The van der Waals surface area contributed by atoms with Gasteiger partial charge < -0.3 is 0 Å². The summed E-state index contributed by atoms with van der Waals surface area (Å²) < 4.78 is 0. The molecule has 0 radical (unpaired) electrons. The highest BCUT2D eigenvalue weighted by Gasteiger charge is 2.19. The van der Waals surface area contributed by atoms with E-state index in [2.05, 4.69) is 85.8 Å². The van der Waals surface area contributed by atoms with Crippen LogP contribution in [0.3, 0.4) is 0 Å². The van der Waals surface area contributed by atoms with Gasteiger partial charge in [0.05, 0.1) is 0 Å². The van der Waals surface area contributed by atoms with Crippen molar-refractivity contribution in [1.29, 1.82) is 0 Å². The second kappa shape index (κ2) is 5.59. The maximum atomic E-state index is 6.39. The molecule has 8 aromatic carbocycles. The molecule has 8 rings (SSSR count). The van der Waals surface area contributed by atoms with Gasteiger partial charge in [-0.05, 0) is 107 Å². The lowest BCUT2D eigenvalue weighted by Crippen LogP contribution is -1.82. The van der Waals surface area contributed by atoms with E-state index < -0.39 is 0 Å². The number of rotatable bonds is 0. The average molecular weight is 425 g/mol. The first-order valence-electron chi connectivity index (χ1n) is 11.1. The Bertz CT molecular complexity index is 1900. The molecule has 0 saturated carbocycles. The van der Waals surface area contributed by atoms with E-state index in [4.69, 9.17) is 11.6 Å². The van der Waals surface area contributed by atoms with E-state index in [0.717, 1.165) is 5.02 Å². The van der Waals surface area contributed by atoms with Crippen LogP contribution in [0.2, 0.25) is 5.02 Å². The molecule has 0 bridgehead atoms. The fourth-order valence-electron chi connectivity index (χ4n) is 6.13. The molecule has 0 N–H and O–H groups in total. The molecule has 0 aliphatic heterocycles. The zero-order chi connectivity index (χ0) is 21.1. The number of benzene rings is 6. The maximum Gasteiger partial charge on any atom is 0.0412 e. The van der Waals surface area contributed by atoms with E-state index in [1.165, 1.54) is 81.0 Å². The highest BCUT2D eigenvalue weighted by Crippen LogP contribution is 2.47. The van der Waals surface area contributed by atoms with Gasteiger partial charge in [0.25, 0.3) is 0 Å². The highest BCUT2D eigenvalue weighted by molar-refractivity contribution is 6.41. The van der Waals surface area contributed by atoms with Crippen molar-refractivity contribution in [3.8, 4) is 0 Å². The van der Waals surface area contributed by atoms with Gasteiger partial charge in [-0.1, -0.05) is 77.8 Å². The summed E-state index contributed by atoms with van der Waals surface area (Å²) in [5.41, 5.74) is 1.31. The number of hydrogen-bond donors (Lipinski definition) is 0. The molecule has 0 fully saturated rings. The van der Waals surface area contributed by atoms with Gasteiger partial charge in [0.15, 0.2) is 0 Å². The summed E-state index contributed by atoms with van der Waals surface area (Å²) in [5.74, 6) is 0. The summed E-state index contributed by atoms with van der Waals surface area (Å²) in [5, 5.41) is 19.4. The predicted octanol–water partition coefficient (Wildman–Crippen LogP) is 9.60. The van der Waals surface area contributed by atoms with Crippen LogP contribution >= 0.6 is 11.6 Å². The largest absolute Gasteiger partial charge is 0.0843 e. The molecule has 8 aromatic rings. The third-order valence-corrected chi connectivity index (χ3v) is 7.67. The van der Waals surface area contributed by atoms with E-state index in [0.29, 0.717) is 0 Å². The quantitative estimate of drug-likeness (QED) is 0.212. The first kappa shape index (κ1) is 17.0. The third kappa shape index (κ3) is 1.91. The van der Waals surface area contributed by atoms with E-state index in [1.54, 1.807) is 0 Å². The molecule has 0 atom stereocenters. The predicted molar refractivity (Wildman–Crippen MR) is 141 cm³/mol. The Morgan fingerprint density at radius 2 is 0.875 bits per heavy atom. The minimum Gasteiger partial charge on any atom is -0.0843 e. The Morgan fingerprint density at radius 1 is 0.406 bits per heavy atom. The van der Waals surface area contributed by atoms with Gasteiger partial charge in [-0.15, -0.1) is 0 Å². The summed E-state index contributed by atoms with van der Waals surface area (Å²) in [6.45, 7) is 2.18. The van der Waals surface area contributed by atoms with Gasteiger partial charge >= 0.3 is 0 Å². The Labute approximate surface area is 189 Å². The van der Waals surface area contributed by atoms with Crippen LogP contribution in [0.1, 0.15) is 5.56 Å². The molecule has 32 heavy (non-hydrogen) atoms. The van der Waals surface area contributed by atoms with Crippen LogP contribution in [0.5, 0.6) is 0 Å². The summed E-state index contributed by atoms with van der Waals surface area (Å²) in [7, 11) is 0. The topological polar surface area (TPSA) is 0 Å². The number of aryl methyl sites for hydroxylation is 1. The van der Waals surface area contributed by atoms with Gasteiger partial charge in [-0.25, -0.2) is 0 Å². The molecule has 0 unspecified atom stereocenters. The molecule has 0 amide bonds. The van der Waals surface area contributed by atoms with Crippen molar-refractivity contribution in [1.82, 2.24) is 0 Å². The van der Waals surface area contributed by atoms with Crippen LogP contribution in [-0.2, 0) is 0 Å². The SMILES string of the molecule is Cc1ccc2c(c1)c1cccc3c4cc5c6ccc(Cl)cc6c6cccc(c4cc2c13)c65. The maximum absolute atomic E-state index is 6.39. The lowest BCUT2D eigenvalue weighted by molar-refractivity contribution is 1.52. The van der Waals surface area contributed by atoms with Crippen molar-refractivity contribution in [3.05, 3.63) is 95.5 Å². The molecule has 0 heterocycles. The van der Waals surface area contributed by atoms with Gasteiger partial charge in [0, 0.05) is 5.02 Å². The number of fused-ring (bicyclic) bond motifs is 9. The van der Waals surface area contributed by atoms with Crippen molar-refractivity contribution in [2.24, 2.45) is 0 Å². The second-order valence-corrected chi connectivity index (χ2v) is 9.58. The molecule has 0 aliphatic carbocycles. The smallest absolute Gasteiger partial charge is 0.0412 e. The molecular formula is C31H17Cl. The van der Waals surface area contributed by atoms with Crippen molar-refractivity contribution < 1.29 is 0 Å². The van der Waals surface area contributed by atoms with Crippen molar-refractivity contribution in [2.45, 2.75) is 6.92 Å². The Kier molecular flexibility index (Phi) is 2.97. The van der Waals surface area contributed by atoms with Gasteiger partial charge in [0.2, 0.25) is 0 Å². The van der Waals surface area contributed by atoms with E-state index in [-0.39, 0.29) is 0 Å². The molecular weight excluding hydrogens is 408 g/mol. The Balaban J connectivity index is 1.72. The van der Waals surface area contributed by atoms with E-state index in [9.17, 15) is 0 Å². The summed E-state index contributed by atoms with van der Waals surface area (Å²) in [6, 6.07) is 31.5. The summed E-state index contributed by atoms with van der Waals surface area (Å²) in [4.78, 5) is 0. The van der Waals surface area contributed by atoms with Gasteiger partial charge in [-0.2, -0.15) is 0 Å². The van der Waals surface area contributed by atoms with Crippen LogP contribution in [0, 0.1) is 6.92 Å². The van der Waals surface area contributed by atoms with Crippen LogP contribution in [-0.4, -0.2) is 0 Å². The van der Waals surface area contributed by atoms with Crippen LogP contribution in [0.4, 0.5) is 0 Å². The fourth-order valence-corrected chi connectivity index (χ4v) is 6.30. The van der Waals surface area contributed by atoms with Gasteiger partial charge in [0.1, 0.15) is 0 Å². The minimum absolute atomic E-state index is 0.789. The lowest BCUT2D eigenvalue weighted by atomic mass is 9.93. The average Bonchev–Trinajstić information content (AvgIpc) is 3.29.